The van der Waals surface area contributed by atoms with Crippen molar-refractivity contribution in [1.29, 1.82) is 0 Å². The van der Waals surface area contributed by atoms with Gasteiger partial charge in [0.1, 0.15) is 5.82 Å². The van der Waals surface area contributed by atoms with Gasteiger partial charge in [-0.2, -0.15) is 0 Å². The van der Waals surface area contributed by atoms with Gasteiger partial charge in [0.2, 0.25) is 0 Å². The van der Waals surface area contributed by atoms with Gasteiger partial charge < -0.3 is 9.64 Å². The Morgan fingerprint density at radius 2 is 2.13 bits per heavy atom. The largest absolute Gasteiger partial charge is 0.376 e. The number of carbonyl (C=O) groups excluding carboxylic acids is 1. The van der Waals surface area contributed by atoms with Crippen LogP contribution in [0.1, 0.15) is 18.4 Å². The van der Waals surface area contributed by atoms with E-state index in [-0.39, 0.29) is 12.1 Å². The Kier molecular flexibility index (Phi) is 5.16. The zero-order valence-corrected chi connectivity index (χ0v) is 12.9. The Hall–Kier alpha value is -2.47. The number of hydrogen-bond donors (Lipinski definition) is 1. The van der Waals surface area contributed by atoms with Crippen LogP contribution in [0.4, 0.5) is 10.6 Å². The minimum Gasteiger partial charge on any atom is -0.376 e. The summed E-state index contributed by atoms with van der Waals surface area (Å²) in [6, 6.07) is 9.09. The van der Waals surface area contributed by atoms with E-state index in [4.69, 9.17) is 4.74 Å². The maximum atomic E-state index is 12.6. The molecule has 0 spiro atoms. The highest BCUT2D eigenvalue weighted by molar-refractivity contribution is 5.88. The zero-order valence-electron chi connectivity index (χ0n) is 12.9. The van der Waals surface area contributed by atoms with E-state index in [1.807, 2.05) is 24.3 Å². The number of nitrogens with zero attached hydrogens (tertiary/aromatic N) is 3. The summed E-state index contributed by atoms with van der Waals surface area (Å²) in [5.74, 6) is 0.546. The Bertz CT molecular complexity index is 615. The van der Waals surface area contributed by atoms with Gasteiger partial charge in [-0.25, -0.2) is 9.78 Å². The second-order valence-electron chi connectivity index (χ2n) is 5.52. The van der Waals surface area contributed by atoms with Crippen molar-refractivity contribution in [1.82, 2.24) is 14.9 Å². The number of amides is 2. The van der Waals surface area contributed by atoms with Crippen LogP contribution in [0.5, 0.6) is 0 Å². The van der Waals surface area contributed by atoms with Gasteiger partial charge in [-0.05, 0) is 42.7 Å². The van der Waals surface area contributed by atoms with Crippen LogP contribution in [0.2, 0.25) is 0 Å². The van der Waals surface area contributed by atoms with Gasteiger partial charge in [0.15, 0.2) is 0 Å². The van der Waals surface area contributed by atoms with Crippen molar-refractivity contribution in [3.8, 4) is 0 Å². The van der Waals surface area contributed by atoms with Crippen LogP contribution in [0.3, 0.4) is 0 Å². The molecule has 0 bridgehead atoms. The molecule has 3 heterocycles. The highest BCUT2D eigenvalue weighted by Crippen LogP contribution is 2.16. The second kappa shape index (κ2) is 7.69. The number of ether oxygens (including phenoxy) is 1. The lowest BCUT2D eigenvalue weighted by molar-refractivity contribution is 0.0819. The lowest BCUT2D eigenvalue weighted by Crippen LogP contribution is -2.39. The molecule has 0 radical (unpaired) electrons. The van der Waals surface area contributed by atoms with Crippen molar-refractivity contribution in [3.63, 3.8) is 0 Å². The molecule has 1 fully saturated rings. The van der Waals surface area contributed by atoms with Crippen molar-refractivity contribution in [2.24, 2.45) is 0 Å². The predicted molar refractivity (Wildman–Crippen MR) is 86.9 cm³/mol. The maximum absolute atomic E-state index is 12.6. The van der Waals surface area contributed by atoms with E-state index in [2.05, 4.69) is 15.3 Å². The summed E-state index contributed by atoms with van der Waals surface area (Å²) in [7, 11) is 0. The van der Waals surface area contributed by atoms with Crippen LogP contribution in [0.25, 0.3) is 0 Å². The van der Waals surface area contributed by atoms with Crippen LogP contribution in [0.15, 0.2) is 48.9 Å². The molecule has 0 unspecified atom stereocenters. The number of pyridine rings is 2. The fourth-order valence-corrected chi connectivity index (χ4v) is 2.59. The van der Waals surface area contributed by atoms with Gasteiger partial charge in [-0.3, -0.25) is 10.3 Å². The van der Waals surface area contributed by atoms with Gasteiger partial charge in [0.25, 0.3) is 0 Å². The van der Waals surface area contributed by atoms with Crippen molar-refractivity contribution in [2.45, 2.75) is 25.5 Å². The molecule has 1 atom stereocenters. The highest BCUT2D eigenvalue weighted by Gasteiger charge is 2.23. The first kappa shape index (κ1) is 15.4. The van der Waals surface area contributed by atoms with E-state index in [0.29, 0.717) is 18.9 Å². The normalized spacial score (nSPS) is 17.0. The summed E-state index contributed by atoms with van der Waals surface area (Å²) in [4.78, 5) is 22.5. The van der Waals surface area contributed by atoms with Crippen molar-refractivity contribution in [3.05, 3.63) is 54.5 Å². The Morgan fingerprint density at radius 3 is 2.83 bits per heavy atom. The van der Waals surface area contributed by atoms with Gasteiger partial charge >= 0.3 is 6.03 Å². The van der Waals surface area contributed by atoms with Crippen molar-refractivity contribution >= 4 is 11.8 Å². The fourth-order valence-electron chi connectivity index (χ4n) is 2.59. The average Bonchev–Trinajstić information content (AvgIpc) is 3.09. The summed E-state index contributed by atoms with van der Waals surface area (Å²) >= 11 is 0. The number of aromatic nitrogens is 2. The summed E-state index contributed by atoms with van der Waals surface area (Å²) in [5, 5.41) is 2.84. The van der Waals surface area contributed by atoms with Gasteiger partial charge in [0.05, 0.1) is 6.10 Å². The molecule has 2 aromatic rings. The summed E-state index contributed by atoms with van der Waals surface area (Å²) in [6.07, 6.45) is 7.26. The second-order valence-corrected chi connectivity index (χ2v) is 5.52. The monoisotopic (exact) mass is 312 g/mol. The number of carbonyl (C=O) groups is 1. The first-order valence-corrected chi connectivity index (χ1v) is 7.79. The summed E-state index contributed by atoms with van der Waals surface area (Å²) in [6.45, 7) is 1.86. The molecule has 1 N–H and O–H groups in total. The molecule has 0 aromatic carbocycles. The number of anilines is 1. The van der Waals surface area contributed by atoms with Crippen molar-refractivity contribution in [2.75, 3.05) is 18.5 Å². The minimum absolute atomic E-state index is 0.103. The standard InChI is InChI=1S/C17H20N4O2/c22-17(20-16-5-1-2-8-19-16)21(13-15-4-3-11-23-15)12-14-6-9-18-10-7-14/h1-2,5-10,15H,3-4,11-13H2,(H,19,20,22)/t15-/m1/s1. The quantitative estimate of drug-likeness (QED) is 0.921. The van der Waals surface area contributed by atoms with Crippen LogP contribution in [0, 0.1) is 0 Å². The number of urea groups is 1. The molecule has 1 aliphatic heterocycles. The number of hydrogen-bond acceptors (Lipinski definition) is 4. The summed E-state index contributed by atoms with van der Waals surface area (Å²) in [5.41, 5.74) is 1.04. The molecule has 3 rings (SSSR count). The predicted octanol–water partition coefficient (Wildman–Crippen LogP) is 2.69. The first-order chi connectivity index (χ1) is 11.3. The third-order valence-electron chi connectivity index (χ3n) is 3.76. The Balaban J connectivity index is 1.69. The van der Waals surface area contributed by atoms with E-state index in [0.717, 1.165) is 25.0 Å². The summed E-state index contributed by atoms with van der Waals surface area (Å²) < 4.78 is 5.67. The van der Waals surface area contributed by atoms with Crippen LogP contribution >= 0.6 is 0 Å². The number of nitrogens with one attached hydrogen (secondary N) is 1. The molecule has 2 aromatic heterocycles. The van der Waals surface area contributed by atoms with Crippen LogP contribution in [-0.4, -0.2) is 40.2 Å². The lowest BCUT2D eigenvalue weighted by Gasteiger charge is -2.25. The fraction of sp³-hybridized carbons (Fsp3) is 0.353. The highest BCUT2D eigenvalue weighted by atomic mass is 16.5. The molecular weight excluding hydrogens is 292 g/mol. The third kappa shape index (κ3) is 4.50. The number of rotatable bonds is 5. The molecular formula is C17H20N4O2. The molecule has 6 heteroatoms. The van der Waals surface area contributed by atoms with Gasteiger partial charge in [-0.1, -0.05) is 6.07 Å². The van der Waals surface area contributed by atoms with E-state index < -0.39 is 0 Å². The molecule has 23 heavy (non-hydrogen) atoms. The minimum atomic E-state index is -0.170. The maximum Gasteiger partial charge on any atom is 0.323 e. The van der Waals surface area contributed by atoms with Crippen LogP contribution < -0.4 is 5.32 Å². The topological polar surface area (TPSA) is 67.4 Å². The molecule has 1 aliphatic rings. The first-order valence-electron chi connectivity index (χ1n) is 7.79. The lowest BCUT2D eigenvalue weighted by atomic mass is 10.2. The average molecular weight is 312 g/mol. The zero-order chi connectivity index (χ0) is 15.9. The van der Waals surface area contributed by atoms with E-state index in [1.54, 1.807) is 29.6 Å². The molecule has 6 nitrogen and oxygen atoms in total. The van der Waals surface area contributed by atoms with Crippen molar-refractivity contribution < 1.29 is 9.53 Å². The Morgan fingerprint density at radius 1 is 1.26 bits per heavy atom. The molecule has 0 saturated carbocycles. The van der Waals surface area contributed by atoms with Gasteiger partial charge in [0, 0.05) is 38.3 Å². The van der Waals surface area contributed by atoms with E-state index in [9.17, 15) is 4.79 Å². The van der Waals surface area contributed by atoms with E-state index >= 15 is 0 Å². The Labute approximate surface area is 135 Å². The smallest absolute Gasteiger partial charge is 0.323 e. The SMILES string of the molecule is O=C(Nc1ccccn1)N(Cc1ccncc1)C[C@H]1CCCO1. The van der Waals surface area contributed by atoms with Crippen LogP contribution in [-0.2, 0) is 11.3 Å². The molecule has 2 amide bonds. The molecule has 1 saturated heterocycles. The molecule has 120 valence electrons. The van der Waals surface area contributed by atoms with E-state index in [1.165, 1.54) is 0 Å². The third-order valence-corrected chi connectivity index (χ3v) is 3.76. The molecule has 0 aliphatic carbocycles. The van der Waals surface area contributed by atoms with Gasteiger partial charge in [-0.15, -0.1) is 0 Å².